The molecule has 1 aromatic rings. The van der Waals surface area contributed by atoms with Gasteiger partial charge in [0, 0.05) is 35.1 Å². The third-order valence-corrected chi connectivity index (χ3v) is 3.49. The number of nitrogens with zero attached hydrogens (tertiary/aromatic N) is 1. The van der Waals surface area contributed by atoms with Crippen LogP contribution in [-0.4, -0.2) is 12.0 Å². The zero-order chi connectivity index (χ0) is 11.0. The Morgan fingerprint density at radius 2 is 2.06 bits per heavy atom. The van der Waals surface area contributed by atoms with Crippen LogP contribution in [0.1, 0.15) is 17.5 Å². The van der Waals surface area contributed by atoms with E-state index in [9.17, 15) is 4.79 Å². The molecule has 0 bridgehead atoms. The number of carbonyl (C=O) groups excluding carboxylic acids is 1. The van der Waals surface area contributed by atoms with Crippen molar-refractivity contribution in [2.75, 3.05) is 0 Å². The van der Waals surface area contributed by atoms with Crippen LogP contribution in [0, 0.1) is 0 Å². The van der Waals surface area contributed by atoms with Crippen molar-refractivity contribution in [2.24, 2.45) is 4.40 Å². The van der Waals surface area contributed by atoms with Gasteiger partial charge in [0.2, 0.25) is 0 Å². The van der Waals surface area contributed by atoms with Crippen molar-refractivity contribution in [1.82, 2.24) is 0 Å². The normalized spacial score (nSPS) is 18.1. The molecule has 0 saturated heterocycles. The summed E-state index contributed by atoms with van der Waals surface area (Å²) in [6.07, 6.45) is 5.84. The molecule has 1 aliphatic heterocycles. The van der Waals surface area contributed by atoms with Crippen molar-refractivity contribution < 1.29 is 4.79 Å². The molecule has 0 fully saturated rings. The van der Waals surface area contributed by atoms with Gasteiger partial charge in [0.1, 0.15) is 0 Å². The van der Waals surface area contributed by atoms with E-state index in [1.165, 1.54) is 11.9 Å². The van der Waals surface area contributed by atoms with E-state index in [2.05, 4.69) is 10.5 Å². The first-order valence-corrected chi connectivity index (χ1v) is 5.86. The second-order valence-electron chi connectivity index (χ2n) is 3.73. The number of carbonyl (C=O) groups is 1. The van der Waals surface area contributed by atoms with E-state index in [0.29, 0.717) is 6.42 Å². The second kappa shape index (κ2) is 3.76. The lowest BCUT2D eigenvalue weighted by Gasteiger charge is -2.13. The third kappa shape index (κ3) is 1.53. The molecule has 0 unspecified atom stereocenters. The predicted octanol–water partition coefficient (Wildman–Crippen LogP) is 3.01. The number of ketones is 1. The van der Waals surface area contributed by atoms with Crippen LogP contribution >= 0.6 is 11.9 Å². The van der Waals surface area contributed by atoms with Gasteiger partial charge in [0.25, 0.3) is 0 Å². The summed E-state index contributed by atoms with van der Waals surface area (Å²) in [6.45, 7) is 0. The van der Waals surface area contributed by atoms with Crippen molar-refractivity contribution in [3.63, 3.8) is 0 Å². The summed E-state index contributed by atoms with van der Waals surface area (Å²) < 4.78 is 4.29. The van der Waals surface area contributed by atoms with Gasteiger partial charge in [-0.05, 0) is 23.3 Å². The van der Waals surface area contributed by atoms with Crippen LogP contribution in [0.25, 0.3) is 5.57 Å². The molecule has 0 N–H and O–H groups in total. The van der Waals surface area contributed by atoms with Gasteiger partial charge in [0.05, 0.1) is 0 Å². The van der Waals surface area contributed by atoms with Crippen LogP contribution in [0.2, 0.25) is 0 Å². The van der Waals surface area contributed by atoms with Crippen molar-refractivity contribution in [1.29, 1.82) is 0 Å². The van der Waals surface area contributed by atoms with Crippen LogP contribution in [0.4, 0.5) is 0 Å². The van der Waals surface area contributed by atoms with Gasteiger partial charge in [-0.1, -0.05) is 24.3 Å². The maximum Gasteiger partial charge on any atom is 0.160 e. The first kappa shape index (κ1) is 9.60. The molecule has 3 heteroatoms. The minimum absolute atomic E-state index is 0.163. The van der Waals surface area contributed by atoms with E-state index >= 15 is 0 Å². The van der Waals surface area contributed by atoms with E-state index in [1.807, 2.05) is 30.5 Å². The van der Waals surface area contributed by atoms with Gasteiger partial charge in [-0.2, -0.15) is 0 Å². The monoisotopic (exact) mass is 227 g/mol. The van der Waals surface area contributed by atoms with E-state index in [0.717, 1.165) is 21.6 Å². The second-order valence-corrected chi connectivity index (χ2v) is 4.57. The standard InChI is InChI=1S/C13H9NOS/c15-10-5-6-13-12(7-10)11-4-2-1-3-9(11)8-14-16-13/h1-6,8H,7H2. The van der Waals surface area contributed by atoms with Gasteiger partial charge in [-0.25, -0.2) is 4.40 Å². The molecular weight excluding hydrogens is 218 g/mol. The Morgan fingerprint density at radius 3 is 3.00 bits per heavy atom. The molecule has 0 spiro atoms. The molecule has 0 atom stereocenters. The summed E-state index contributed by atoms with van der Waals surface area (Å²) in [5.41, 5.74) is 3.32. The molecule has 2 nitrogen and oxygen atoms in total. The lowest BCUT2D eigenvalue weighted by Crippen LogP contribution is -2.03. The van der Waals surface area contributed by atoms with Crippen molar-refractivity contribution in [3.8, 4) is 0 Å². The SMILES string of the molecule is O=C1C=CC2=C(C1)c1ccccc1C=NS2. The molecule has 1 aromatic carbocycles. The maximum absolute atomic E-state index is 11.5. The zero-order valence-corrected chi connectivity index (χ0v) is 9.33. The van der Waals surface area contributed by atoms with Gasteiger partial charge in [-0.3, -0.25) is 4.79 Å². The van der Waals surface area contributed by atoms with Gasteiger partial charge in [0.15, 0.2) is 5.78 Å². The Balaban J connectivity index is 2.22. The summed E-state index contributed by atoms with van der Waals surface area (Å²) in [7, 11) is 0. The number of rotatable bonds is 0. The summed E-state index contributed by atoms with van der Waals surface area (Å²) in [5, 5.41) is 0. The fourth-order valence-electron chi connectivity index (χ4n) is 1.93. The molecule has 16 heavy (non-hydrogen) atoms. The highest BCUT2D eigenvalue weighted by Crippen LogP contribution is 2.37. The Kier molecular flexibility index (Phi) is 2.26. The largest absolute Gasteiger partial charge is 0.294 e. The highest BCUT2D eigenvalue weighted by atomic mass is 32.2. The van der Waals surface area contributed by atoms with Crippen LogP contribution in [0.3, 0.4) is 0 Å². The van der Waals surface area contributed by atoms with Crippen LogP contribution in [0.15, 0.2) is 45.7 Å². The Hall–Kier alpha value is -1.61. The summed E-state index contributed by atoms with van der Waals surface area (Å²) in [4.78, 5) is 12.6. The molecule has 0 amide bonds. The minimum Gasteiger partial charge on any atom is -0.294 e. The van der Waals surface area contributed by atoms with Crippen molar-refractivity contribution in [3.05, 3.63) is 52.4 Å². The summed E-state index contributed by atoms with van der Waals surface area (Å²) in [6, 6.07) is 8.06. The molecular formula is C13H9NOS. The quantitative estimate of drug-likeness (QED) is 0.638. The lowest BCUT2D eigenvalue weighted by atomic mass is 9.93. The summed E-state index contributed by atoms with van der Waals surface area (Å²) >= 11 is 1.44. The molecule has 1 heterocycles. The summed E-state index contributed by atoms with van der Waals surface area (Å²) in [5.74, 6) is 0.163. The van der Waals surface area contributed by atoms with Crippen molar-refractivity contribution in [2.45, 2.75) is 6.42 Å². The molecule has 1 aliphatic carbocycles. The van der Waals surface area contributed by atoms with Crippen LogP contribution in [-0.2, 0) is 4.79 Å². The van der Waals surface area contributed by atoms with Crippen molar-refractivity contribution >= 4 is 29.5 Å². The average Bonchev–Trinajstić information content (AvgIpc) is 2.48. The minimum atomic E-state index is 0.163. The highest BCUT2D eigenvalue weighted by Gasteiger charge is 2.19. The number of allylic oxidation sites excluding steroid dienone is 3. The molecule has 0 aromatic heterocycles. The van der Waals surface area contributed by atoms with E-state index in [-0.39, 0.29) is 5.78 Å². The third-order valence-electron chi connectivity index (χ3n) is 2.70. The van der Waals surface area contributed by atoms with Gasteiger partial charge < -0.3 is 0 Å². The number of hydrogen-bond donors (Lipinski definition) is 0. The smallest absolute Gasteiger partial charge is 0.160 e. The lowest BCUT2D eigenvalue weighted by molar-refractivity contribution is -0.113. The fraction of sp³-hybridized carbons (Fsp3) is 0.0769. The fourth-order valence-corrected chi connectivity index (χ4v) is 2.63. The van der Waals surface area contributed by atoms with E-state index in [1.54, 1.807) is 6.08 Å². The highest BCUT2D eigenvalue weighted by molar-refractivity contribution is 8.02. The van der Waals surface area contributed by atoms with Crippen LogP contribution < -0.4 is 0 Å². The topological polar surface area (TPSA) is 29.4 Å². The molecule has 3 rings (SSSR count). The predicted molar refractivity (Wildman–Crippen MR) is 67.3 cm³/mol. The molecule has 78 valence electrons. The Labute approximate surface area is 97.9 Å². The maximum atomic E-state index is 11.5. The number of benzene rings is 1. The first-order chi connectivity index (χ1) is 7.84. The number of fused-ring (bicyclic) bond motifs is 2. The Bertz CT molecular complexity index is 555. The van der Waals surface area contributed by atoms with Gasteiger partial charge >= 0.3 is 0 Å². The molecule has 0 saturated carbocycles. The van der Waals surface area contributed by atoms with Gasteiger partial charge in [-0.15, -0.1) is 0 Å². The Morgan fingerprint density at radius 1 is 1.19 bits per heavy atom. The first-order valence-electron chi connectivity index (χ1n) is 5.08. The zero-order valence-electron chi connectivity index (χ0n) is 8.51. The average molecular weight is 227 g/mol. The molecule has 0 radical (unpaired) electrons. The molecule has 2 aliphatic rings. The number of hydrogen-bond acceptors (Lipinski definition) is 3. The van der Waals surface area contributed by atoms with Crippen LogP contribution in [0.5, 0.6) is 0 Å². The van der Waals surface area contributed by atoms with E-state index < -0.39 is 0 Å². The van der Waals surface area contributed by atoms with E-state index in [4.69, 9.17) is 0 Å².